The molecule has 0 spiro atoms. The lowest BCUT2D eigenvalue weighted by atomic mass is 9.83. The van der Waals surface area contributed by atoms with Crippen LogP contribution in [0.5, 0.6) is 0 Å². The number of carbonyl (C=O) groups excluding carboxylic acids is 2. The predicted molar refractivity (Wildman–Crippen MR) is 129 cm³/mol. The quantitative estimate of drug-likeness (QED) is 0.470. The number of carbonyl (C=O) groups is 2. The summed E-state index contributed by atoms with van der Waals surface area (Å²) in [7, 11) is -1.68. The van der Waals surface area contributed by atoms with Gasteiger partial charge in [-0.3, -0.25) is 9.89 Å². The summed E-state index contributed by atoms with van der Waals surface area (Å²) in [5.41, 5.74) is 1.88. The molecule has 7 nitrogen and oxygen atoms in total. The summed E-state index contributed by atoms with van der Waals surface area (Å²) in [5, 5.41) is 13.4. The molecule has 2 heterocycles. The van der Waals surface area contributed by atoms with Crippen molar-refractivity contribution >= 4 is 47.4 Å². The molecule has 166 valence electrons. The molecule has 3 amide bonds. The number of aromatic amines is 1. The van der Waals surface area contributed by atoms with Crippen molar-refractivity contribution in [3.8, 4) is 0 Å². The number of nitrogens with one attached hydrogen (secondary N) is 3. The van der Waals surface area contributed by atoms with Crippen LogP contribution in [0, 0.1) is 0 Å². The fraction of sp³-hybridized carbons (Fsp3) is 0.500. The van der Waals surface area contributed by atoms with E-state index in [1.54, 1.807) is 4.90 Å². The maximum absolute atomic E-state index is 13.3. The fourth-order valence-corrected chi connectivity index (χ4v) is 7.75. The van der Waals surface area contributed by atoms with Crippen molar-refractivity contribution in [3.63, 3.8) is 0 Å². The van der Waals surface area contributed by atoms with E-state index in [2.05, 4.69) is 56.4 Å². The smallest absolute Gasteiger partial charge is 0.309 e. The molecule has 1 aliphatic heterocycles. The average molecular weight is 505 g/mol. The first kappa shape index (κ1) is 22.1. The van der Waals surface area contributed by atoms with E-state index in [0.29, 0.717) is 18.1 Å². The molecule has 1 fully saturated rings. The van der Waals surface area contributed by atoms with Crippen LogP contribution in [0.3, 0.4) is 0 Å². The van der Waals surface area contributed by atoms with Gasteiger partial charge in [0.1, 0.15) is 0 Å². The Morgan fingerprint density at radius 3 is 2.42 bits per heavy atom. The van der Waals surface area contributed by atoms with E-state index in [9.17, 15) is 9.59 Å². The van der Waals surface area contributed by atoms with Crippen LogP contribution in [0.1, 0.15) is 44.4 Å². The number of hydrogen-bond donors (Lipinski definition) is 3. The van der Waals surface area contributed by atoms with Gasteiger partial charge in [-0.2, -0.15) is 5.10 Å². The molecule has 1 aliphatic carbocycles. The van der Waals surface area contributed by atoms with Crippen molar-refractivity contribution < 1.29 is 9.59 Å². The Labute approximate surface area is 192 Å². The van der Waals surface area contributed by atoms with Gasteiger partial charge in [-0.15, -0.1) is 0 Å². The molecule has 0 unspecified atom stereocenters. The first-order chi connectivity index (χ1) is 14.5. The van der Waals surface area contributed by atoms with Crippen LogP contribution in [0.15, 0.2) is 28.7 Å². The second-order valence-electron chi connectivity index (χ2n) is 10.1. The summed E-state index contributed by atoms with van der Waals surface area (Å²) < 4.78 is 0.825. The van der Waals surface area contributed by atoms with Crippen LogP contribution in [-0.4, -0.2) is 35.1 Å². The van der Waals surface area contributed by atoms with Crippen molar-refractivity contribution in [2.45, 2.75) is 69.9 Å². The first-order valence-electron chi connectivity index (χ1n) is 10.7. The minimum atomic E-state index is -1.68. The Kier molecular flexibility index (Phi) is 5.32. The van der Waals surface area contributed by atoms with Crippen molar-refractivity contribution in [1.29, 1.82) is 0 Å². The number of urea groups is 1. The number of hydrogen-bond acceptors (Lipinski definition) is 3. The van der Waals surface area contributed by atoms with Crippen molar-refractivity contribution in [2.75, 3.05) is 10.6 Å². The largest absolute Gasteiger partial charge is 0.322 e. The monoisotopic (exact) mass is 503 g/mol. The maximum Gasteiger partial charge on any atom is 0.322 e. The van der Waals surface area contributed by atoms with Gasteiger partial charge in [-0.05, 0) is 54.8 Å². The van der Waals surface area contributed by atoms with Gasteiger partial charge in [0.15, 0.2) is 5.82 Å². The number of aromatic nitrogens is 2. The molecule has 9 heteroatoms. The lowest BCUT2D eigenvalue weighted by Gasteiger charge is -2.48. The Bertz CT molecular complexity index is 1040. The van der Waals surface area contributed by atoms with E-state index in [1.165, 1.54) is 0 Å². The molecule has 4 rings (SSSR count). The zero-order valence-electron chi connectivity index (χ0n) is 18.7. The number of benzene rings is 1. The maximum atomic E-state index is 13.3. The van der Waals surface area contributed by atoms with Crippen LogP contribution in [0.4, 0.5) is 16.3 Å². The highest BCUT2D eigenvalue weighted by molar-refractivity contribution is 9.10. The zero-order chi connectivity index (χ0) is 22.6. The number of fused-ring (bicyclic) bond motifs is 1. The molecule has 0 radical (unpaired) electrons. The van der Waals surface area contributed by atoms with E-state index in [4.69, 9.17) is 0 Å². The predicted octanol–water partition coefficient (Wildman–Crippen LogP) is 5.66. The number of rotatable bonds is 4. The summed E-state index contributed by atoms with van der Waals surface area (Å²) in [6.45, 7) is 11.1. The molecule has 1 saturated carbocycles. The summed E-state index contributed by atoms with van der Waals surface area (Å²) in [4.78, 5) is 28.2. The summed E-state index contributed by atoms with van der Waals surface area (Å²) in [5.74, 6) is 0.634. The van der Waals surface area contributed by atoms with E-state index in [1.807, 2.05) is 38.1 Å². The highest BCUT2D eigenvalue weighted by atomic mass is 79.9. The lowest BCUT2D eigenvalue weighted by Crippen LogP contribution is -2.52. The SMILES string of the molecule is CC1(C)c2[nH]nc(NC(=O)C3([Si](C)(C)C)CCC3)c2CN1C(=O)Nc1ccccc1Br. The number of halogens is 1. The molecule has 0 saturated heterocycles. The number of nitrogens with zero attached hydrogens (tertiary/aromatic N) is 2. The Morgan fingerprint density at radius 1 is 1.16 bits per heavy atom. The summed E-state index contributed by atoms with van der Waals surface area (Å²) in [6, 6.07) is 7.33. The van der Waals surface area contributed by atoms with Gasteiger partial charge >= 0.3 is 6.03 Å². The zero-order valence-corrected chi connectivity index (χ0v) is 21.3. The third-order valence-corrected chi connectivity index (χ3v) is 11.4. The number of anilines is 2. The number of amides is 3. The standard InChI is InChI=1S/C22H30BrN5O2Si/c1-21(2)17-14(13-28(21)20(30)24-16-10-7-6-9-15(16)23)18(27-26-17)25-19(29)22(11-8-12-22)31(3,4)5/h6-7,9-10H,8,11-13H2,1-5H3,(H,24,30)(H2,25,26,27,29). The highest BCUT2D eigenvalue weighted by Gasteiger charge is 2.54. The normalized spacial score (nSPS) is 18.8. The summed E-state index contributed by atoms with van der Waals surface area (Å²) in [6.07, 6.45) is 3.01. The van der Waals surface area contributed by atoms with Gasteiger partial charge in [0, 0.05) is 15.1 Å². The Balaban J connectivity index is 1.55. The van der Waals surface area contributed by atoms with Crippen molar-refractivity contribution in [3.05, 3.63) is 40.0 Å². The molecule has 1 aromatic heterocycles. The van der Waals surface area contributed by atoms with E-state index in [0.717, 1.165) is 35.0 Å². The van der Waals surface area contributed by atoms with E-state index < -0.39 is 13.6 Å². The third-order valence-electron chi connectivity index (χ3n) is 7.14. The third kappa shape index (κ3) is 3.51. The van der Waals surface area contributed by atoms with Crippen LogP contribution in [0.2, 0.25) is 24.7 Å². The molecule has 0 bridgehead atoms. The Hall–Kier alpha value is -2.13. The van der Waals surface area contributed by atoms with Crippen molar-refractivity contribution in [1.82, 2.24) is 15.1 Å². The van der Waals surface area contributed by atoms with Gasteiger partial charge in [0.25, 0.3) is 0 Å². The van der Waals surface area contributed by atoms with E-state index in [-0.39, 0.29) is 17.0 Å². The van der Waals surface area contributed by atoms with Crippen LogP contribution in [-0.2, 0) is 16.9 Å². The molecular weight excluding hydrogens is 474 g/mol. The Morgan fingerprint density at radius 2 is 1.84 bits per heavy atom. The second kappa shape index (κ2) is 7.48. The van der Waals surface area contributed by atoms with Gasteiger partial charge in [0.2, 0.25) is 5.91 Å². The van der Waals surface area contributed by atoms with Gasteiger partial charge < -0.3 is 15.5 Å². The van der Waals surface area contributed by atoms with Crippen LogP contribution in [0.25, 0.3) is 0 Å². The first-order valence-corrected chi connectivity index (χ1v) is 15.0. The molecular formula is C22H30BrN5O2Si. The number of H-pyrrole nitrogens is 1. The van der Waals surface area contributed by atoms with E-state index >= 15 is 0 Å². The molecule has 1 aromatic carbocycles. The minimum absolute atomic E-state index is 0.0844. The topological polar surface area (TPSA) is 90.1 Å². The lowest BCUT2D eigenvalue weighted by molar-refractivity contribution is -0.121. The van der Waals surface area contributed by atoms with Crippen LogP contribution < -0.4 is 10.6 Å². The van der Waals surface area contributed by atoms with Gasteiger partial charge in [-0.1, -0.05) is 38.2 Å². The van der Waals surface area contributed by atoms with Crippen molar-refractivity contribution in [2.24, 2.45) is 0 Å². The summed E-state index contributed by atoms with van der Waals surface area (Å²) >= 11 is 3.47. The molecule has 3 N–H and O–H groups in total. The molecule has 0 atom stereocenters. The minimum Gasteiger partial charge on any atom is -0.309 e. The molecule has 2 aromatic rings. The highest BCUT2D eigenvalue weighted by Crippen LogP contribution is 2.56. The van der Waals surface area contributed by atoms with Crippen LogP contribution >= 0.6 is 15.9 Å². The molecule has 31 heavy (non-hydrogen) atoms. The van der Waals surface area contributed by atoms with Gasteiger partial charge in [-0.25, -0.2) is 4.79 Å². The average Bonchev–Trinajstić information content (AvgIpc) is 3.13. The van der Waals surface area contributed by atoms with Gasteiger partial charge in [0.05, 0.1) is 31.5 Å². The fourth-order valence-electron chi connectivity index (χ4n) is 4.77. The number of para-hydroxylation sites is 1. The second-order valence-corrected chi connectivity index (χ2v) is 16.4. The molecule has 2 aliphatic rings.